The van der Waals surface area contributed by atoms with Gasteiger partial charge in [0, 0.05) is 7.05 Å². The first-order valence-corrected chi connectivity index (χ1v) is 6.71. The number of benzene rings is 1. The summed E-state index contributed by atoms with van der Waals surface area (Å²) in [6.45, 7) is 0.872. The molecule has 1 aromatic carbocycles. The lowest BCUT2D eigenvalue weighted by Crippen LogP contribution is -2.31. The standard InChI is InChI=1S/C14H20N6O2/c1-20-9-18-13(19-20)8-17-14(15)16-7-10-4-5-11(21-2)12(6-10)22-3/h4-6,9H,7-8H2,1-3H3,(H3,15,16,17). The second kappa shape index (κ2) is 7.30. The van der Waals surface area contributed by atoms with Crippen LogP contribution in [0.3, 0.4) is 0 Å². The van der Waals surface area contributed by atoms with Crippen molar-refractivity contribution in [2.45, 2.75) is 13.1 Å². The number of nitrogens with two attached hydrogens (primary N) is 1. The normalized spacial score (nSPS) is 11.3. The van der Waals surface area contributed by atoms with E-state index in [0.717, 1.165) is 5.56 Å². The molecule has 3 N–H and O–H groups in total. The molecule has 0 aliphatic carbocycles. The first-order valence-electron chi connectivity index (χ1n) is 6.71. The van der Waals surface area contributed by atoms with Crippen molar-refractivity contribution in [1.82, 2.24) is 20.1 Å². The fourth-order valence-corrected chi connectivity index (χ4v) is 1.85. The molecule has 0 saturated carbocycles. The van der Waals surface area contributed by atoms with Crippen molar-refractivity contribution in [3.05, 3.63) is 35.9 Å². The molecule has 0 radical (unpaired) electrons. The summed E-state index contributed by atoms with van der Waals surface area (Å²) in [5, 5.41) is 7.11. The van der Waals surface area contributed by atoms with Crippen LogP contribution in [0.2, 0.25) is 0 Å². The molecule has 8 nitrogen and oxygen atoms in total. The number of nitrogens with one attached hydrogen (secondary N) is 1. The summed E-state index contributed by atoms with van der Waals surface area (Å²) in [6, 6.07) is 5.62. The van der Waals surface area contributed by atoms with Crippen molar-refractivity contribution in [3.63, 3.8) is 0 Å². The van der Waals surface area contributed by atoms with E-state index < -0.39 is 0 Å². The molecule has 0 saturated heterocycles. The Kier molecular flexibility index (Phi) is 5.18. The summed E-state index contributed by atoms with van der Waals surface area (Å²) in [5.74, 6) is 2.34. The molecule has 0 unspecified atom stereocenters. The third-order valence-electron chi connectivity index (χ3n) is 2.95. The highest BCUT2D eigenvalue weighted by Gasteiger charge is 2.04. The van der Waals surface area contributed by atoms with Crippen LogP contribution in [0.5, 0.6) is 11.5 Å². The van der Waals surface area contributed by atoms with Crippen LogP contribution in [0.1, 0.15) is 11.4 Å². The number of guanidine groups is 1. The maximum atomic E-state index is 5.82. The van der Waals surface area contributed by atoms with E-state index in [1.165, 1.54) is 0 Å². The van der Waals surface area contributed by atoms with E-state index in [1.54, 1.807) is 25.2 Å². The van der Waals surface area contributed by atoms with E-state index in [9.17, 15) is 0 Å². The summed E-state index contributed by atoms with van der Waals surface area (Å²) in [6.07, 6.45) is 1.63. The number of hydrogen-bond donors (Lipinski definition) is 2. The molecule has 118 valence electrons. The minimum absolute atomic E-state index is 0.335. The molecule has 0 aliphatic rings. The van der Waals surface area contributed by atoms with E-state index in [1.807, 2.05) is 25.2 Å². The molecule has 2 aromatic rings. The molecule has 0 spiro atoms. The van der Waals surface area contributed by atoms with Crippen molar-refractivity contribution < 1.29 is 9.47 Å². The minimum Gasteiger partial charge on any atom is -0.493 e. The molecule has 1 heterocycles. The summed E-state index contributed by atoms with van der Waals surface area (Å²) in [5.41, 5.74) is 6.79. The number of rotatable bonds is 6. The van der Waals surface area contributed by atoms with Gasteiger partial charge in [-0.25, -0.2) is 9.98 Å². The molecular formula is C14H20N6O2. The molecule has 0 bridgehead atoms. The van der Waals surface area contributed by atoms with E-state index >= 15 is 0 Å². The van der Waals surface area contributed by atoms with Crippen LogP contribution in [-0.2, 0) is 20.1 Å². The summed E-state index contributed by atoms with van der Waals surface area (Å²) in [4.78, 5) is 8.37. The van der Waals surface area contributed by atoms with Crippen LogP contribution in [0, 0.1) is 0 Å². The Morgan fingerprint density at radius 1 is 1.32 bits per heavy atom. The number of hydrogen-bond acceptors (Lipinski definition) is 5. The second-order valence-corrected chi connectivity index (χ2v) is 4.58. The van der Waals surface area contributed by atoms with Gasteiger partial charge in [-0.3, -0.25) is 4.68 Å². The van der Waals surface area contributed by atoms with Gasteiger partial charge < -0.3 is 20.5 Å². The molecule has 2 rings (SSSR count). The lowest BCUT2D eigenvalue weighted by molar-refractivity contribution is 0.354. The number of aromatic nitrogens is 3. The van der Waals surface area contributed by atoms with Crippen LogP contribution in [-0.4, -0.2) is 34.9 Å². The SMILES string of the molecule is COc1ccc(CN=C(N)NCc2ncn(C)n2)cc1OC. The molecule has 0 amide bonds. The zero-order valence-electron chi connectivity index (χ0n) is 12.9. The smallest absolute Gasteiger partial charge is 0.189 e. The summed E-state index contributed by atoms with van der Waals surface area (Å²) < 4.78 is 12.1. The van der Waals surface area contributed by atoms with Gasteiger partial charge in [-0.05, 0) is 17.7 Å². The Bertz CT molecular complexity index is 653. The highest BCUT2D eigenvalue weighted by molar-refractivity contribution is 5.77. The van der Waals surface area contributed by atoms with Crippen molar-refractivity contribution in [2.24, 2.45) is 17.8 Å². The van der Waals surface area contributed by atoms with Gasteiger partial charge in [0.2, 0.25) is 0 Å². The largest absolute Gasteiger partial charge is 0.493 e. The van der Waals surface area contributed by atoms with Crippen LogP contribution in [0.25, 0.3) is 0 Å². The van der Waals surface area contributed by atoms with Crippen LogP contribution in [0.4, 0.5) is 0 Å². The van der Waals surface area contributed by atoms with Crippen LogP contribution in [0.15, 0.2) is 29.5 Å². The Morgan fingerprint density at radius 2 is 2.09 bits per heavy atom. The van der Waals surface area contributed by atoms with Gasteiger partial charge in [-0.2, -0.15) is 5.10 Å². The van der Waals surface area contributed by atoms with Gasteiger partial charge in [-0.15, -0.1) is 0 Å². The number of aliphatic imine (C=N–C) groups is 1. The third kappa shape index (κ3) is 4.11. The van der Waals surface area contributed by atoms with E-state index in [0.29, 0.717) is 36.4 Å². The zero-order valence-corrected chi connectivity index (χ0v) is 12.9. The Morgan fingerprint density at radius 3 is 2.73 bits per heavy atom. The van der Waals surface area contributed by atoms with Gasteiger partial charge in [0.25, 0.3) is 0 Å². The molecular weight excluding hydrogens is 284 g/mol. The minimum atomic E-state index is 0.335. The quantitative estimate of drug-likeness (QED) is 0.593. The Hall–Kier alpha value is -2.77. The molecule has 0 fully saturated rings. The topological polar surface area (TPSA) is 99.6 Å². The first-order chi connectivity index (χ1) is 10.6. The number of methoxy groups -OCH3 is 2. The predicted octanol–water partition coefficient (Wildman–Crippen LogP) is 0.437. The number of aryl methyl sites for hydroxylation is 1. The van der Waals surface area contributed by atoms with Gasteiger partial charge >= 0.3 is 0 Å². The van der Waals surface area contributed by atoms with Crippen molar-refractivity contribution in [2.75, 3.05) is 14.2 Å². The molecule has 22 heavy (non-hydrogen) atoms. The molecule has 0 atom stereocenters. The van der Waals surface area contributed by atoms with Gasteiger partial charge in [0.1, 0.15) is 6.33 Å². The lowest BCUT2D eigenvalue weighted by atomic mass is 10.2. The predicted molar refractivity (Wildman–Crippen MR) is 82.7 cm³/mol. The number of ether oxygens (including phenoxy) is 2. The van der Waals surface area contributed by atoms with Crippen LogP contribution < -0.4 is 20.5 Å². The molecule has 1 aromatic heterocycles. The Balaban J connectivity index is 1.92. The van der Waals surface area contributed by atoms with Gasteiger partial charge in [0.15, 0.2) is 23.3 Å². The first kappa shape index (κ1) is 15.6. The van der Waals surface area contributed by atoms with Crippen molar-refractivity contribution >= 4 is 5.96 Å². The third-order valence-corrected chi connectivity index (χ3v) is 2.95. The van der Waals surface area contributed by atoms with Crippen molar-refractivity contribution in [3.8, 4) is 11.5 Å². The summed E-state index contributed by atoms with van der Waals surface area (Å²) in [7, 11) is 5.01. The Labute approximate surface area is 129 Å². The van der Waals surface area contributed by atoms with Gasteiger partial charge in [-0.1, -0.05) is 6.07 Å². The fraction of sp³-hybridized carbons (Fsp3) is 0.357. The maximum absolute atomic E-state index is 5.82. The van der Waals surface area contributed by atoms with Crippen molar-refractivity contribution in [1.29, 1.82) is 0 Å². The highest BCUT2D eigenvalue weighted by atomic mass is 16.5. The van der Waals surface area contributed by atoms with Gasteiger partial charge in [0.05, 0.1) is 27.3 Å². The highest BCUT2D eigenvalue weighted by Crippen LogP contribution is 2.27. The lowest BCUT2D eigenvalue weighted by Gasteiger charge is -2.09. The monoisotopic (exact) mass is 304 g/mol. The summed E-state index contributed by atoms with van der Waals surface area (Å²) >= 11 is 0. The van der Waals surface area contributed by atoms with E-state index in [4.69, 9.17) is 15.2 Å². The molecule has 0 aliphatic heterocycles. The average molecular weight is 304 g/mol. The average Bonchev–Trinajstić information content (AvgIpc) is 2.96. The number of nitrogens with zero attached hydrogens (tertiary/aromatic N) is 4. The zero-order chi connectivity index (χ0) is 15.9. The fourth-order valence-electron chi connectivity index (χ4n) is 1.85. The maximum Gasteiger partial charge on any atom is 0.189 e. The molecule has 8 heteroatoms. The van der Waals surface area contributed by atoms with Crippen LogP contribution >= 0.6 is 0 Å². The van der Waals surface area contributed by atoms with E-state index in [-0.39, 0.29) is 0 Å². The van der Waals surface area contributed by atoms with E-state index in [2.05, 4.69) is 20.4 Å². The second-order valence-electron chi connectivity index (χ2n) is 4.58.